The molecule has 3 nitrogen and oxygen atoms in total. The van der Waals surface area contributed by atoms with Gasteiger partial charge in [-0.05, 0) is 17.5 Å². The van der Waals surface area contributed by atoms with Gasteiger partial charge in [-0.3, -0.25) is 0 Å². The quantitative estimate of drug-likeness (QED) is 0.720. The van der Waals surface area contributed by atoms with Gasteiger partial charge in [0.25, 0.3) is 0 Å². The number of pyridine rings is 1. The molecule has 0 N–H and O–H groups in total. The van der Waals surface area contributed by atoms with Crippen molar-refractivity contribution in [3.8, 4) is 5.88 Å². The number of ether oxygens (including phenoxy) is 1. The second-order valence-electron chi connectivity index (χ2n) is 3.22. The van der Waals surface area contributed by atoms with Crippen LogP contribution in [0.15, 0.2) is 36.5 Å². The van der Waals surface area contributed by atoms with Gasteiger partial charge in [-0.2, -0.15) is 13.2 Å². The minimum atomic E-state index is -5.03. The summed E-state index contributed by atoms with van der Waals surface area (Å²) >= 11 is 0. The largest absolute Gasteiger partial charge is 0.491 e. The fraction of sp³-hybridized carbons (Fsp3) is 0.0909. The predicted octanol–water partition coefficient (Wildman–Crippen LogP) is 2.70. The summed E-state index contributed by atoms with van der Waals surface area (Å²) in [6, 6.07) is 8.16. The molecular formula is C11H6F3NO2. The lowest BCUT2D eigenvalue weighted by atomic mass is 10.2. The Morgan fingerprint density at radius 2 is 1.88 bits per heavy atom. The molecule has 1 aromatic heterocycles. The third-order valence-electron chi connectivity index (χ3n) is 2.06. The Morgan fingerprint density at radius 1 is 1.18 bits per heavy atom. The van der Waals surface area contributed by atoms with Gasteiger partial charge >= 0.3 is 12.1 Å². The molecule has 0 spiro atoms. The van der Waals surface area contributed by atoms with Crippen LogP contribution in [0.3, 0.4) is 0 Å². The van der Waals surface area contributed by atoms with Crippen molar-refractivity contribution in [3.63, 3.8) is 0 Å². The molecule has 6 heteroatoms. The lowest BCUT2D eigenvalue weighted by Gasteiger charge is -2.07. The molecule has 0 amide bonds. The number of alkyl halides is 3. The first-order valence-electron chi connectivity index (χ1n) is 4.61. The molecule has 1 aromatic carbocycles. The molecule has 0 aliphatic carbocycles. The Bertz CT molecular complexity index is 561. The zero-order chi connectivity index (χ0) is 12.5. The van der Waals surface area contributed by atoms with E-state index in [0.29, 0.717) is 10.8 Å². The Kier molecular flexibility index (Phi) is 2.71. The van der Waals surface area contributed by atoms with Crippen molar-refractivity contribution < 1.29 is 22.7 Å². The number of carbonyl (C=O) groups is 1. The fourth-order valence-electron chi connectivity index (χ4n) is 1.32. The van der Waals surface area contributed by atoms with Crippen LogP contribution >= 0.6 is 0 Å². The molecule has 0 unspecified atom stereocenters. The zero-order valence-electron chi connectivity index (χ0n) is 8.36. The first kappa shape index (κ1) is 11.4. The third-order valence-corrected chi connectivity index (χ3v) is 2.06. The number of hydrogen-bond acceptors (Lipinski definition) is 3. The van der Waals surface area contributed by atoms with Gasteiger partial charge in [0.1, 0.15) is 0 Å². The van der Waals surface area contributed by atoms with Crippen molar-refractivity contribution in [1.29, 1.82) is 0 Å². The minimum Gasteiger partial charge on any atom is -0.400 e. The number of carbonyl (C=O) groups excluding carboxylic acids is 1. The Morgan fingerprint density at radius 3 is 2.59 bits per heavy atom. The number of halogens is 3. The van der Waals surface area contributed by atoms with Crippen molar-refractivity contribution in [1.82, 2.24) is 4.98 Å². The fourth-order valence-corrected chi connectivity index (χ4v) is 1.32. The molecule has 0 bridgehead atoms. The molecule has 1 heterocycles. The smallest absolute Gasteiger partial charge is 0.400 e. The number of aromatic nitrogens is 1. The van der Waals surface area contributed by atoms with E-state index in [0.717, 1.165) is 0 Å². The van der Waals surface area contributed by atoms with Crippen LogP contribution < -0.4 is 4.74 Å². The molecule has 0 saturated carbocycles. The SMILES string of the molecule is O=C(Oc1nccc2ccccc12)C(F)(F)F. The van der Waals surface area contributed by atoms with E-state index in [2.05, 4.69) is 9.72 Å². The van der Waals surface area contributed by atoms with E-state index in [1.54, 1.807) is 24.3 Å². The van der Waals surface area contributed by atoms with Gasteiger partial charge in [0.2, 0.25) is 5.88 Å². The summed E-state index contributed by atoms with van der Waals surface area (Å²) in [5.41, 5.74) is 0. The lowest BCUT2D eigenvalue weighted by Crippen LogP contribution is -2.28. The maximum atomic E-state index is 12.0. The van der Waals surface area contributed by atoms with Crippen LogP contribution in [0.25, 0.3) is 10.8 Å². The van der Waals surface area contributed by atoms with E-state index in [9.17, 15) is 18.0 Å². The van der Waals surface area contributed by atoms with Crippen LogP contribution in [0.1, 0.15) is 0 Å². The van der Waals surface area contributed by atoms with Gasteiger partial charge in [-0.15, -0.1) is 0 Å². The van der Waals surface area contributed by atoms with Gasteiger partial charge in [0.05, 0.1) is 0 Å². The molecule has 2 rings (SSSR count). The van der Waals surface area contributed by atoms with Crippen molar-refractivity contribution in [3.05, 3.63) is 36.5 Å². The average Bonchev–Trinajstić information content (AvgIpc) is 2.28. The molecule has 88 valence electrons. The van der Waals surface area contributed by atoms with Gasteiger partial charge in [-0.25, -0.2) is 9.78 Å². The number of fused-ring (bicyclic) bond motifs is 1. The van der Waals surface area contributed by atoms with E-state index in [1.165, 1.54) is 12.3 Å². The standard InChI is InChI=1S/C11H6F3NO2/c12-11(13,14)10(16)17-9-8-4-2-1-3-7(8)5-6-15-9/h1-6H. The van der Waals surface area contributed by atoms with Gasteiger partial charge < -0.3 is 4.74 Å². The van der Waals surface area contributed by atoms with Crippen LogP contribution in [0.2, 0.25) is 0 Å². The first-order chi connectivity index (χ1) is 7.98. The number of esters is 1. The Hall–Kier alpha value is -2.11. The normalized spacial score (nSPS) is 11.5. The summed E-state index contributed by atoms with van der Waals surface area (Å²) in [5, 5.41) is 1.00. The topological polar surface area (TPSA) is 39.2 Å². The predicted molar refractivity (Wildman–Crippen MR) is 53.4 cm³/mol. The molecule has 2 aromatic rings. The zero-order valence-corrected chi connectivity index (χ0v) is 8.36. The maximum absolute atomic E-state index is 12.0. The number of hydrogen-bond donors (Lipinski definition) is 0. The number of rotatable bonds is 1. The van der Waals surface area contributed by atoms with Gasteiger partial charge in [0, 0.05) is 11.6 Å². The minimum absolute atomic E-state index is 0.342. The van der Waals surface area contributed by atoms with Crippen molar-refractivity contribution in [2.45, 2.75) is 6.18 Å². The summed E-state index contributed by atoms with van der Waals surface area (Å²) in [5.74, 6) is -2.62. The summed E-state index contributed by atoms with van der Waals surface area (Å²) < 4.78 is 40.3. The maximum Gasteiger partial charge on any atom is 0.491 e. The summed E-state index contributed by atoms with van der Waals surface area (Å²) in [6.45, 7) is 0. The highest BCUT2D eigenvalue weighted by Gasteiger charge is 2.41. The lowest BCUT2D eigenvalue weighted by molar-refractivity contribution is -0.189. The van der Waals surface area contributed by atoms with Crippen molar-refractivity contribution >= 4 is 16.7 Å². The summed E-state index contributed by atoms with van der Waals surface area (Å²) in [4.78, 5) is 14.3. The highest BCUT2D eigenvalue weighted by molar-refractivity contribution is 5.89. The second kappa shape index (κ2) is 4.04. The van der Waals surface area contributed by atoms with Crippen molar-refractivity contribution in [2.24, 2.45) is 0 Å². The summed E-state index contributed by atoms with van der Waals surface area (Å²) in [6.07, 6.45) is -3.75. The molecule has 0 atom stereocenters. The van der Waals surface area contributed by atoms with Crippen LogP contribution in [-0.2, 0) is 4.79 Å². The van der Waals surface area contributed by atoms with Crippen molar-refractivity contribution in [2.75, 3.05) is 0 Å². The third kappa shape index (κ3) is 2.35. The van der Waals surface area contributed by atoms with E-state index in [-0.39, 0.29) is 5.88 Å². The highest BCUT2D eigenvalue weighted by atomic mass is 19.4. The Balaban J connectivity index is 2.40. The highest BCUT2D eigenvalue weighted by Crippen LogP contribution is 2.25. The summed E-state index contributed by atoms with van der Waals surface area (Å²) in [7, 11) is 0. The molecule has 17 heavy (non-hydrogen) atoms. The van der Waals surface area contributed by atoms with Crippen LogP contribution in [0, 0.1) is 0 Å². The molecule has 0 aliphatic heterocycles. The van der Waals surface area contributed by atoms with E-state index in [1.807, 2.05) is 0 Å². The molecule has 0 saturated heterocycles. The second-order valence-corrected chi connectivity index (χ2v) is 3.22. The average molecular weight is 241 g/mol. The molecular weight excluding hydrogens is 235 g/mol. The molecule has 0 aliphatic rings. The molecule has 0 fully saturated rings. The van der Waals surface area contributed by atoms with Crippen LogP contribution in [0.4, 0.5) is 13.2 Å². The van der Waals surface area contributed by atoms with Crippen LogP contribution in [0.5, 0.6) is 5.88 Å². The molecule has 0 radical (unpaired) electrons. The van der Waals surface area contributed by atoms with E-state index < -0.39 is 12.1 Å². The van der Waals surface area contributed by atoms with E-state index >= 15 is 0 Å². The number of benzene rings is 1. The van der Waals surface area contributed by atoms with Crippen LogP contribution in [-0.4, -0.2) is 17.1 Å². The monoisotopic (exact) mass is 241 g/mol. The first-order valence-corrected chi connectivity index (χ1v) is 4.61. The number of nitrogens with zero attached hydrogens (tertiary/aromatic N) is 1. The van der Waals surface area contributed by atoms with E-state index in [4.69, 9.17) is 0 Å². The Labute approximate surface area is 93.8 Å². The van der Waals surface area contributed by atoms with Gasteiger partial charge in [0.15, 0.2) is 0 Å². The van der Waals surface area contributed by atoms with Gasteiger partial charge in [-0.1, -0.05) is 18.2 Å².